The minimum atomic E-state index is -1.15. The number of hydrogen-bond acceptors (Lipinski definition) is 4. The van der Waals surface area contributed by atoms with Crippen LogP contribution in [-0.2, 0) is 4.74 Å². The largest absolute Gasteiger partial charge is 0.477 e. The number of rotatable bonds is 6. The quantitative estimate of drug-likeness (QED) is 0.839. The van der Waals surface area contributed by atoms with Crippen molar-refractivity contribution in [1.29, 1.82) is 0 Å². The summed E-state index contributed by atoms with van der Waals surface area (Å²) in [5.74, 6) is -1.45. The van der Waals surface area contributed by atoms with E-state index in [4.69, 9.17) is 9.84 Å². The third kappa shape index (κ3) is 4.03. The zero-order chi connectivity index (χ0) is 14.4. The summed E-state index contributed by atoms with van der Waals surface area (Å²) in [5.41, 5.74) is -0.00833. The number of nitrogens with zero attached hydrogens (tertiary/aromatic N) is 2. The molecule has 0 aliphatic heterocycles. The van der Waals surface area contributed by atoms with Crippen LogP contribution in [-0.4, -0.2) is 53.2 Å². The first kappa shape index (κ1) is 15.1. The molecule has 1 heterocycles. The van der Waals surface area contributed by atoms with Crippen LogP contribution in [0, 0.1) is 0 Å². The molecule has 0 saturated heterocycles. The van der Waals surface area contributed by atoms with Crippen LogP contribution in [0.3, 0.4) is 0 Å². The third-order valence-electron chi connectivity index (χ3n) is 2.61. The van der Waals surface area contributed by atoms with Crippen LogP contribution in [0.1, 0.15) is 34.8 Å². The second-order valence-electron chi connectivity index (χ2n) is 4.30. The second-order valence-corrected chi connectivity index (χ2v) is 4.30. The molecule has 1 aromatic rings. The third-order valence-corrected chi connectivity index (χ3v) is 2.61. The van der Waals surface area contributed by atoms with E-state index < -0.39 is 5.97 Å². The van der Waals surface area contributed by atoms with Crippen LogP contribution in [0.4, 0.5) is 0 Å². The Kier molecular flexibility index (Phi) is 5.44. The number of carboxylic acid groups (broad SMARTS) is 1. The molecule has 1 amide bonds. The molecule has 1 N–H and O–H groups in total. The van der Waals surface area contributed by atoms with Gasteiger partial charge >= 0.3 is 5.97 Å². The topological polar surface area (TPSA) is 79.7 Å². The van der Waals surface area contributed by atoms with E-state index in [0.717, 1.165) is 0 Å². The molecule has 0 aliphatic carbocycles. The monoisotopic (exact) mass is 266 g/mol. The summed E-state index contributed by atoms with van der Waals surface area (Å²) in [6.07, 6.45) is 0. The summed E-state index contributed by atoms with van der Waals surface area (Å²) in [6.45, 7) is 4.62. The Bertz CT molecular complexity index is 460. The van der Waals surface area contributed by atoms with E-state index in [2.05, 4.69) is 4.98 Å². The maximum absolute atomic E-state index is 12.3. The second kappa shape index (κ2) is 6.84. The van der Waals surface area contributed by atoms with Gasteiger partial charge in [-0.1, -0.05) is 6.07 Å². The highest BCUT2D eigenvalue weighted by Crippen LogP contribution is 2.07. The van der Waals surface area contributed by atoms with Crippen LogP contribution in [0.25, 0.3) is 0 Å². The van der Waals surface area contributed by atoms with Crippen molar-refractivity contribution >= 4 is 11.9 Å². The fourth-order valence-electron chi connectivity index (χ4n) is 1.60. The molecule has 1 rings (SSSR count). The number of hydrogen-bond donors (Lipinski definition) is 1. The number of carbonyl (C=O) groups excluding carboxylic acids is 1. The van der Waals surface area contributed by atoms with E-state index in [1.54, 1.807) is 12.0 Å². The maximum Gasteiger partial charge on any atom is 0.354 e. The average Bonchev–Trinajstić information content (AvgIpc) is 2.38. The summed E-state index contributed by atoms with van der Waals surface area (Å²) >= 11 is 0. The molecule has 0 aliphatic rings. The van der Waals surface area contributed by atoms with E-state index in [1.165, 1.54) is 18.2 Å². The van der Waals surface area contributed by atoms with Gasteiger partial charge in [-0.15, -0.1) is 0 Å². The van der Waals surface area contributed by atoms with Gasteiger partial charge in [0.15, 0.2) is 0 Å². The Hall–Kier alpha value is -1.95. The Balaban J connectivity index is 2.95. The molecule has 0 unspecified atom stereocenters. The zero-order valence-electron chi connectivity index (χ0n) is 11.3. The number of carboxylic acids is 1. The zero-order valence-corrected chi connectivity index (χ0v) is 11.3. The molecule has 0 fully saturated rings. The van der Waals surface area contributed by atoms with E-state index in [-0.39, 0.29) is 23.3 Å². The summed E-state index contributed by atoms with van der Waals surface area (Å²) in [5, 5.41) is 8.87. The normalized spacial score (nSPS) is 10.5. The molecule has 104 valence electrons. The number of aromatic carboxylic acids is 1. The highest BCUT2D eigenvalue weighted by molar-refractivity contribution is 5.94. The molecule has 0 spiro atoms. The molecular weight excluding hydrogens is 248 g/mol. The van der Waals surface area contributed by atoms with E-state index in [0.29, 0.717) is 13.2 Å². The molecule has 19 heavy (non-hydrogen) atoms. The van der Waals surface area contributed by atoms with Crippen molar-refractivity contribution in [2.45, 2.75) is 19.9 Å². The lowest BCUT2D eigenvalue weighted by molar-refractivity contribution is 0.0628. The number of ether oxygens (including phenoxy) is 1. The lowest BCUT2D eigenvalue weighted by Crippen LogP contribution is -2.39. The maximum atomic E-state index is 12.3. The predicted molar refractivity (Wildman–Crippen MR) is 69.2 cm³/mol. The first-order valence-corrected chi connectivity index (χ1v) is 5.97. The van der Waals surface area contributed by atoms with Gasteiger partial charge < -0.3 is 14.7 Å². The Morgan fingerprint density at radius 3 is 2.53 bits per heavy atom. The summed E-state index contributed by atoms with van der Waals surface area (Å²) in [7, 11) is 1.56. The summed E-state index contributed by atoms with van der Waals surface area (Å²) in [4.78, 5) is 28.6. The molecule has 0 atom stereocenters. The minimum Gasteiger partial charge on any atom is -0.477 e. The first-order valence-electron chi connectivity index (χ1n) is 5.97. The lowest BCUT2D eigenvalue weighted by atomic mass is 10.2. The van der Waals surface area contributed by atoms with Crippen molar-refractivity contribution in [2.24, 2.45) is 0 Å². The van der Waals surface area contributed by atoms with Crippen molar-refractivity contribution in [3.05, 3.63) is 29.6 Å². The van der Waals surface area contributed by atoms with Crippen molar-refractivity contribution in [3.8, 4) is 0 Å². The molecular formula is C13H18N2O4. The molecule has 1 aromatic heterocycles. The van der Waals surface area contributed by atoms with Crippen LogP contribution in [0.15, 0.2) is 18.2 Å². The minimum absolute atomic E-state index is 0.0158. The van der Waals surface area contributed by atoms with Crippen molar-refractivity contribution in [3.63, 3.8) is 0 Å². The van der Waals surface area contributed by atoms with E-state index in [1.807, 2.05) is 13.8 Å². The van der Waals surface area contributed by atoms with Gasteiger partial charge in [0, 0.05) is 19.7 Å². The van der Waals surface area contributed by atoms with E-state index in [9.17, 15) is 9.59 Å². The van der Waals surface area contributed by atoms with Gasteiger partial charge in [0.25, 0.3) is 5.91 Å². The highest BCUT2D eigenvalue weighted by Gasteiger charge is 2.20. The SMILES string of the molecule is COCCN(C(=O)c1cccc(C(=O)O)n1)C(C)C. The van der Waals surface area contributed by atoms with Gasteiger partial charge in [-0.25, -0.2) is 9.78 Å². The molecule has 0 bridgehead atoms. The Morgan fingerprint density at radius 2 is 2.00 bits per heavy atom. The van der Waals surface area contributed by atoms with Crippen molar-refractivity contribution in [2.75, 3.05) is 20.3 Å². The van der Waals surface area contributed by atoms with Crippen LogP contribution in [0.5, 0.6) is 0 Å². The lowest BCUT2D eigenvalue weighted by Gasteiger charge is -2.26. The fourth-order valence-corrected chi connectivity index (χ4v) is 1.60. The van der Waals surface area contributed by atoms with Gasteiger partial charge in [0.05, 0.1) is 6.61 Å². The predicted octanol–water partition coefficient (Wildman–Crippen LogP) is 1.28. The van der Waals surface area contributed by atoms with Gasteiger partial charge in [0.1, 0.15) is 11.4 Å². The fraction of sp³-hybridized carbons (Fsp3) is 0.462. The molecule has 6 nitrogen and oxygen atoms in total. The number of amides is 1. The molecule has 0 aromatic carbocycles. The standard InChI is InChI=1S/C13H18N2O4/c1-9(2)15(7-8-19-3)12(16)10-5-4-6-11(14-10)13(17)18/h4-6,9H,7-8H2,1-3H3,(H,17,18). The number of pyridine rings is 1. The van der Waals surface area contributed by atoms with Crippen molar-refractivity contribution < 1.29 is 19.4 Å². The van der Waals surface area contributed by atoms with Gasteiger partial charge in [-0.2, -0.15) is 0 Å². The number of aromatic nitrogens is 1. The molecule has 0 radical (unpaired) electrons. The Morgan fingerprint density at radius 1 is 1.37 bits per heavy atom. The van der Waals surface area contributed by atoms with Crippen molar-refractivity contribution in [1.82, 2.24) is 9.88 Å². The highest BCUT2D eigenvalue weighted by atomic mass is 16.5. The number of methoxy groups -OCH3 is 1. The van der Waals surface area contributed by atoms with Gasteiger partial charge in [-0.05, 0) is 26.0 Å². The molecule has 6 heteroatoms. The van der Waals surface area contributed by atoms with Crippen LogP contribution in [0.2, 0.25) is 0 Å². The smallest absolute Gasteiger partial charge is 0.354 e. The molecule has 0 saturated carbocycles. The average molecular weight is 266 g/mol. The van der Waals surface area contributed by atoms with Crippen LogP contribution >= 0.6 is 0 Å². The van der Waals surface area contributed by atoms with Gasteiger partial charge in [0.2, 0.25) is 0 Å². The summed E-state index contributed by atoms with van der Waals surface area (Å²) < 4.78 is 4.96. The van der Waals surface area contributed by atoms with Crippen LogP contribution < -0.4 is 0 Å². The number of carbonyl (C=O) groups is 2. The summed E-state index contributed by atoms with van der Waals surface area (Å²) in [6, 6.07) is 4.36. The Labute approximate surface area is 112 Å². The van der Waals surface area contributed by atoms with E-state index >= 15 is 0 Å². The van der Waals surface area contributed by atoms with Gasteiger partial charge in [-0.3, -0.25) is 4.79 Å². The first-order chi connectivity index (χ1) is 8.97.